The lowest BCUT2D eigenvalue weighted by atomic mass is 10.1. The summed E-state index contributed by atoms with van der Waals surface area (Å²) in [6, 6.07) is 0. The topological polar surface area (TPSA) is 20.2 Å². The summed E-state index contributed by atoms with van der Waals surface area (Å²) in [5, 5.41) is 9.14. The van der Waals surface area contributed by atoms with E-state index in [-0.39, 0.29) is 6.10 Å². The monoisotopic (exact) mass is 150 g/mol. The summed E-state index contributed by atoms with van der Waals surface area (Å²) in [4.78, 5) is 0. The maximum atomic E-state index is 9.14. The predicted octanol–water partition coefficient (Wildman–Crippen LogP) is 1.38. The lowest BCUT2D eigenvalue weighted by Crippen LogP contribution is -2.24. The third-order valence-electron chi connectivity index (χ3n) is 1.31. The first kappa shape index (κ1) is 6.78. The molecule has 1 saturated heterocycles. The fourth-order valence-corrected chi connectivity index (χ4v) is 3.29. The van der Waals surface area contributed by atoms with Crippen LogP contribution in [0.25, 0.3) is 0 Å². The molecule has 2 atom stereocenters. The van der Waals surface area contributed by atoms with Crippen molar-refractivity contribution in [3.8, 4) is 0 Å². The predicted molar refractivity (Wildman–Crippen MR) is 40.1 cm³/mol. The maximum absolute atomic E-state index is 9.14. The zero-order chi connectivity index (χ0) is 5.98. The van der Waals surface area contributed by atoms with Crippen molar-refractivity contribution >= 4 is 21.6 Å². The van der Waals surface area contributed by atoms with E-state index in [2.05, 4.69) is 6.92 Å². The van der Waals surface area contributed by atoms with Gasteiger partial charge in [0.2, 0.25) is 0 Å². The van der Waals surface area contributed by atoms with Crippen LogP contribution in [0, 0.1) is 5.92 Å². The summed E-state index contributed by atoms with van der Waals surface area (Å²) in [6.45, 7) is 2.09. The van der Waals surface area contributed by atoms with Crippen molar-refractivity contribution in [1.82, 2.24) is 0 Å². The second-order valence-electron chi connectivity index (χ2n) is 2.11. The highest BCUT2D eigenvalue weighted by atomic mass is 33.1. The van der Waals surface area contributed by atoms with Gasteiger partial charge in [-0.15, -0.1) is 0 Å². The SMILES string of the molecule is C[C@H]1CSSC[C@@H]1O. The summed E-state index contributed by atoms with van der Waals surface area (Å²) >= 11 is 0. The molecule has 0 unspecified atom stereocenters. The minimum absolute atomic E-state index is 0.0544. The van der Waals surface area contributed by atoms with Crippen molar-refractivity contribution in [3.63, 3.8) is 0 Å². The largest absolute Gasteiger partial charge is 0.392 e. The van der Waals surface area contributed by atoms with E-state index < -0.39 is 0 Å². The van der Waals surface area contributed by atoms with Crippen LogP contribution in [-0.2, 0) is 0 Å². The van der Waals surface area contributed by atoms with E-state index in [1.807, 2.05) is 10.8 Å². The first-order chi connectivity index (χ1) is 3.80. The molecule has 1 rings (SSSR count). The fraction of sp³-hybridized carbons (Fsp3) is 1.00. The Labute approximate surface area is 57.6 Å². The summed E-state index contributed by atoms with van der Waals surface area (Å²) in [5.74, 6) is 2.51. The zero-order valence-corrected chi connectivity index (χ0v) is 6.47. The Morgan fingerprint density at radius 3 is 2.38 bits per heavy atom. The summed E-state index contributed by atoms with van der Waals surface area (Å²) in [7, 11) is 3.64. The van der Waals surface area contributed by atoms with Gasteiger partial charge >= 0.3 is 0 Å². The molecule has 0 aromatic heterocycles. The molecule has 1 fully saturated rings. The van der Waals surface area contributed by atoms with Crippen molar-refractivity contribution in [3.05, 3.63) is 0 Å². The van der Waals surface area contributed by atoms with Crippen LogP contribution in [0.3, 0.4) is 0 Å². The molecule has 3 heteroatoms. The van der Waals surface area contributed by atoms with Gasteiger partial charge in [0.15, 0.2) is 0 Å². The molecule has 0 bridgehead atoms. The molecule has 1 aliphatic rings. The molecule has 0 aromatic rings. The summed E-state index contributed by atoms with van der Waals surface area (Å²) in [5.41, 5.74) is 0. The second kappa shape index (κ2) is 2.99. The van der Waals surface area contributed by atoms with E-state index in [1.165, 1.54) is 0 Å². The third kappa shape index (κ3) is 1.57. The van der Waals surface area contributed by atoms with E-state index in [0.29, 0.717) is 5.92 Å². The number of hydrogen-bond acceptors (Lipinski definition) is 3. The van der Waals surface area contributed by atoms with Crippen LogP contribution in [0.15, 0.2) is 0 Å². The average Bonchev–Trinajstić information content (AvgIpc) is 1.77. The molecule has 0 aromatic carbocycles. The Bertz CT molecular complexity index is 66.8. The number of aliphatic hydroxyl groups is 1. The average molecular weight is 150 g/mol. The van der Waals surface area contributed by atoms with Gasteiger partial charge in [0.05, 0.1) is 6.10 Å². The van der Waals surface area contributed by atoms with Crippen LogP contribution in [0.5, 0.6) is 0 Å². The molecule has 0 spiro atoms. The minimum Gasteiger partial charge on any atom is -0.392 e. The van der Waals surface area contributed by atoms with Gasteiger partial charge in [-0.1, -0.05) is 28.5 Å². The van der Waals surface area contributed by atoms with E-state index >= 15 is 0 Å². The van der Waals surface area contributed by atoms with Crippen LogP contribution in [0.4, 0.5) is 0 Å². The number of rotatable bonds is 0. The second-order valence-corrected chi connectivity index (χ2v) is 4.67. The van der Waals surface area contributed by atoms with Gasteiger partial charge < -0.3 is 5.11 Å². The van der Waals surface area contributed by atoms with Gasteiger partial charge in [-0.3, -0.25) is 0 Å². The van der Waals surface area contributed by atoms with Crippen LogP contribution in [0.1, 0.15) is 6.92 Å². The van der Waals surface area contributed by atoms with Crippen LogP contribution >= 0.6 is 21.6 Å². The fourth-order valence-electron chi connectivity index (χ4n) is 0.549. The van der Waals surface area contributed by atoms with Crippen molar-refractivity contribution in [2.75, 3.05) is 11.5 Å². The molecular formula is C5H10OS2. The van der Waals surface area contributed by atoms with Gasteiger partial charge in [0.25, 0.3) is 0 Å². The van der Waals surface area contributed by atoms with Gasteiger partial charge in [0, 0.05) is 11.5 Å². The highest BCUT2D eigenvalue weighted by molar-refractivity contribution is 8.76. The Kier molecular flexibility index (Phi) is 2.53. The van der Waals surface area contributed by atoms with Crippen molar-refractivity contribution in [1.29, 1.82) is 0 Å². The Hall–Kier alpha value is 0.660. The molecule has 0 saturated carbocycles. The quantitative estimate of drug-likeness (QED) is 0.527. The molecule has 0 aliphatic carbocycles. The first-order valence-corrected chi connectivity index (χ1v) is 5.22. The minimum atomic E-state index is -0.0544. The van der Waals surface area contributed by atoms with Gasteiger partial charge in [0.1, 0.15) is 0 Å². The molecule has 0 radical (unpaired) electrons. The smallest absolute Gasteiger partial charge is 0.0672 e. The van der Waals surface area contributed by atoms with E-state index in [0.717, 1.165) is 11.5 Å². The lowest BCUT2D eigenvalue weighted by molar-refractivity contribution is 0.150. The van der Waals surface area contributed by atoms with Gasteiger partial charge in [-0.25, -0.2) is 0 Å². The molecule has 1 N–H and O–H groups in total. The molecule has 1 aliphatic heterocycles. The van der Waals surface area contributed by atoms with Crippen LogP contribution in [0.2, 0.25) is 0 Å². The van der Waals surface area contributed by atoms with E-state index in [4.69, 9.17) is 5.11 Å². The Balaban J connectivity index is 2.28. The Morgan fingerprint density at radius 2 is 2.00 bits per heavy atom. The summed E-state index contributed by atoms with van der Waals surface area (Å²) < 4.78 is 0. The Morgan fingerprint density at radius 1 is 1.38 bits per heavy atom. The summed E-state index contributed by atoms with van der Waals surface area (Å²) in [6.07, 6.45) is -0.0544. The third-order valence-corrected chi connectivity index (χ3v) is 3.93. The highest BCUT2D eigenvalue weighted by Gasteiger charge is 2.18. The molecule has 8 heavy (non-hydrogen) atoms. The van der Waals surface area contributed by atoms with Crippen LogP contribution in [-0.4, -0.2) is 22.7 Å². The lowest BCUT2D eigenvalue weighted by Gasteiger charge is -2.22. The molecule has 0 amide bonds. The van der Waals surface area contributed by atoms with E-state index in [9.17, 15) is 0 Å². The number of aliphatic hydroxyl groups excluding tert-OH is 1. The number of hydrogen-bond donors (Lipinski definition) is 1. The normalized spacial score (nSPS) is 39.8. The van der Waals surface area contributed by atoms with Gasteiger partial charge in [-0.05, 0) is 5.92 Å². The van der Waals surface area contributed by atoms with Gasteiger partial charge in [-0.2, -0.15) is 0 Å². The van der Waals surface area contributed by atoms with Crippen molar-refractivity contribution < 1.29 is 5.11 Å². The van der Waals surface area contributed by atoms with E-state index in [1.54, 1.807) is 10.8 Å². The van der Waals surface area contributed by atoms with Crippen LogP contribution < -0.4 is 0 Å². The highest BCUT2D eigenvalue weighted by Crippen LogP contribution is 2.32. The standard InChI is InChI=1S/C5H10OS2/c1-4-2-7-8-3-5(4)6/h4-6H,2-3H2,1H3/t4-,5-/m0/s1. The van der Waals surface area contributed by atoms with Crippen molar-refractivity contribution in [2.45, 2.75) is 13.0 Å². The molecule has 1 heterocycles. The molecule has 1 nitrogen and oxygen atoms in total. The first-order valence-electron chi connectivity index (χ1n) is 2.73. The molecular weight excluding hydrogens is 140 g/mol. The zero-order valence-electron chi connectivity index (χ0n) is 4.83. The van der Waals surface area contributed by atoms with Crippen molar-refractivity contribution in [2.24, 2.45) is 5.92 Å². The maximum Gasteiger partial charge on any atom is 0.0672 e. The molecule has 48 valence electrons.